The van der Waals surface area contributed by atoms with Crippen LogP contribution >= 0.6 is 0 Å². The number of aliphatic hydroxyl groups excluding tert-OH is 1. The van der Waals surface area contributed by atoms with Crippen molar-refractivity contribution in [3.63, 3.8) is 0 Å². The van der Waals surface area contributed by atoms with Gasteiger partial charge in [-0.25, -0.2) is 4.79 Å². The number of carbonyl (C=O) groups is 1. The molecule has 0 saturated heterocycles. The molecular weight excluding hydrogens is 462 g/mol. The number of hydrogen-bond donors (Lipinski definition) is 1. The number of carbonyl (C=O) groups excluding carboxylic acids is 1. The highest BCUT2D eigenvalue weighted by atomic mass is 19.4. The summed E-state index contributed by atoms with van der Waals surface area (Å²) in [6, 6.07) is 16.9. The zero-order chi connectivity index (χ0) is 24.7. The maximum atomic E-state index is 13.2. The summed E-state index contributed by atoms with van der Waals surface area (Å²) in [5, 5.41) is 10.5. The largest absolute Gasteiger partial charge is 0.504 e. The maximum absolute atomic E-state index is 13.2. The van der Waals surface area contributed by atoms with Crippen LogP contribution in [0, 0.1) is 0 Å². The van der Waals surface area contributed by atoms with Gasteiger partial charge in [0, 0.05) is 0 Å². The number of aliphatic hydroxyl groups is 1. The fourth-order valence-electron chi connectivity index (χ4n) is 3.42. The molecule has 0 radical (unpaired) electrons. The van der Waals surface area contributed by atoms with Crippen molar-refractivity contribution in [2.45, 2.75) is 12.4 Å². The van der Waals surface area contributed by atoms with E-state index in [1.165, 1.54) is 6.08 Å². The van der Waals surface area contributed by atoms with Crippen molar-refractivity contribution in [1.29, 1.82) is 0 Å². The van der Waals surface area contributed by atoms with Gasteiger partial charge in [0.05, 0.1) is 11.1 Å². The average molecular weight is 476 g/mol. The minimum atomic E-state index is -5.10. The third kappa shape index (κ3) is 4.68. The molecular formula is C25H14F6O3. The highest BCUT2D eigenvalue weighted by Gasteiger charge is 2.39. The van der Waals surface area contributed by atoms with E-state index in [-0.39, 0.29) is 6.07 Å². The normalized spacial score (nSPS) is 15.7. The van der Waals surface area contributed by atoms with Gasteiger partial charge in [-0.3, -0.25) is 0 Å². The fourth-order valence-corrected chi connectivity index (χ4v) is 3.42. The Morgan fingerprint density at radius 2 is 1.24 bits per heavy atom. The quantitative estimate of drug-likeness (QED) is 0.320. The molecule has 1 N–H and O–H groups in total. The van der Waals surface area contributed by atoms with Crippen LogP contribution in [0.5, 0.6) is 0 Å². The second-order valence-corrected chi connectivity index (χ2v) is 7.40. The Kier molecular flexibility index (Phi) is 5.72. The van der Waals surface area contributed by atoms with Gasteiger partial charge in [0.25, 0.3) is 0 Å². The Bertz CT molecular complexity index is 1270. The van der Waals surface area contributed by atoms with Crippen molar-refractivity contribution in [2.75, 3.05) is 0 Å². The first-order valence-electron chi connectivity index (χ1n) is 9.76. The first kappa shape index (κ1) is 23.2. The van der Waals surface area contributed by atoms with Crippen molar-refractivity contribution < 1.29 is 41.0 Å². The van der Waals surface area contributed by atoms with Gasteiger partial charge in [0.2, 0.25) is 0 Å². The van der Waals surface area contributed by atoms with Crippen molar-refractivity contribution in [1.82, 2.24) is 0 Å². The number of alkyl halides is 6. The van der Waals surface area contributed by atoms with Crippen LogP contribution in [0.4, 0.5) is 26.3 Å². The molecule has 0 fully saturated rings. The molecule has 3 aromatic rings. The van der Waals surface area contributed by atoms with E-state index in [4.69, 9.17) is 4.74 Å². The van der Waals surface area contributed by atoms with Crippen molar-refractivity contribution >= 4 is 17.6 Å². The summed E-state index contributed by atoms with van der Waals surface area (Å²) in [5.41, 5.74) is -2.45. The Morgan fingerprint density at radius 3 is 1.76 bits per heavy atom. The molecule has 0 spiro atoms. The van der Waals surface area contributed by atoms with E-state index in [0.29, 0.717) is 17.7 Å². The Hall–Kier alpha value is -4.01. The summed E-state index contributed by atoms with van der Waals surface area (Å²) >= 11 is 0. The number of hydrogen-bond acceptors (Lipinski definition) is 3. The Morgan fingerprint density at radius 1 is 0.706 bits per heavy atom. The second kappa shape index (κ2) is 8.40. The van der Waals surface area contributed by atoms with E-state index in [2.05, 4.69) is 0 Å². The van der Waals surface area contributed by atoms with Gasteiger partial charge in [-0.15, -0.1) is 0 Å². The van der Waals surface area contributed by atoms with Gasteiger partial charge in [0.1, 0.15) is 5.57 Å². The molecule has 9 heteroatoms. The zero-order valence-corrected chi connectivity index (χ0v) is 17.0. The lowest BCUT2D eigenvalue weighted by molar-refractivity contribution is -0.143. The summed E-state index contributed by atoms with van der Waals surface area (Å²) in [6.45, 7) is 0. The molecule has 1 heterocycles. The van der Waals surface area contributed by atoms with Crippen LogP contribution in [0.25, 0.3) is 22.8 Å². The van der Waals surface area contributed by atoms with Crippen molar-refractivity contribution in [3.05, 3.63) is 107 Å². The molecule has 0 aliphatic carbocycles. The van der Waals surface area contributed by atoms with Crippen LogP contribution in [-0.4, -0.2) is 11.1 Å². The molecule has 34 heavy (non-hydrogen) atoms. The van der Waals surface area contributed by atoms with Crippen LogP contribution in [0.2, 0.25) is 0 Å². The lowest BCUT2D eigenvalue weighted by Crippen LogP contribution is -2.12. The molecule has 174 valence electrons. The molecule has 0 saturated carbocycles. The van der Waals surface area contributed by atoms with Crippen LogP contribution in [0.3, 0.4) is 0 Å². The molecule has 0 atom stereocenters. The Balaban J connectivity index is 1.73. The first-order chi connectivity index (χ1) is 15.9. The van der Waals surface area contributed by atoms with Crippen molar-refractivity contribution in [3.8, 4) is 11.1 Å². The number of halogens is 6. The molecule has 4 rings (SSSR count). The molecule has 0 aromatic heterocycles. The lowest BCUT2D eigenvalue weighted by Gasteiger charge is -2.14. The second-order valence-electron chi connectivity index (χ2n) is 7.40. The van der Waals surface area contributed by atoms with E-state index >= 15 is 0 Å². The predicted molar refractivity (Wildman–Crippen MR) is 112 cm³/mol. The maximum Gasteiger partial charge on any atom is 0.416 e. The number of rotatable bonds is 3. The molecule has 3 nitrogen and oxygen atoms in total. The summed E-state index contributed by atoms with van der Waals surface area (Å²) in [4.78, 5) is 12.3. The van der Waals surface area contributed by atoms with Gasteiger partial charge < -0.3 is 9.84 Å². The molecule has 0 unspecified atom stereocenters. The summed E-state index contributed by atoms with van der Waals surface area (Å²) in [7, 11) is 0. The SMILES string of the molecule is O=C1O/C(=C/c2ccc(-c3ccccc3)cc2)C(O)=C1c1cc(C(F)(F)F)cc(C(F)(F)F)c1. The van der Waals surface area contributed by atoms with Crippen LogP contribution in [-0.2, 0) is 21.9 Å². The van der Waals surface area contributed by atoms with E-state index < -0.39 is 52.1 Å². The van der Waals surface area contributed by atoms with Gasteiger partial charge in [-0.1, -0.05) is 54.6 Å². The number of ether oxygens (including phenoxy) is 1. The average Bonchev–Trinajstić information content (AvgIpc) is 3.06. The molecule has 3 aromatic carbocycles. The highest BCUT2D eigenvalue weighted by Crippen LogP contribution is 2.40. The standard InChI is InChI=1S/C25H14F6O3/c26-24(27,28)18-11-17(12-19(13-18)25(29,30)31)21-22(32)20(34-23(21)33)10-14-6-8-16(9-7-14)15-4-2-1-3-5-15/h1-13,32H/b20-10+. The minimum Gasteiger partial charge on any atom is -0.504 e. The minimum absolute atomic E-state index is 0.0631. The lowest BCUT2D eigenvalue weighted by atomic mass is 9.98. The monoisotopic (exact) mass is 476 g/mol. The number of benzene rings is 3. The molecule has 0 amide bonds. The van der Waals surface area contributed by atoms with Gasteiger partial charge in [0.15, 0.2) is 11.5 Å². The van der Waals surface area contributed by atoms with E-state index in [1.54, 1.807) is 24.3 Å². The molecule has 0 bridgehead atoms. The van der Waals surface area contributed by atoms with Crippen molar-refractivity contribution in [2.24, 2.45) is 0 Å². The molecule has 1 aliphatic heterocycles. The highest BCUT2D eigenvalue weighted by molar-refractivity contribution is 6.21. The van der Waals surface area contributed by atoms with Gasteiger partial charge in [-0.05, 0) is 46.5 Å². The van der Waals surface area contributed by atoms with Crippen LogP contribution in [0.1, 0.15) is 22.3 Å². The first-order valence-corrected chi connectivity index (χ1v) is 9.76. The summed E-state index contributed by atoms with van der Waals surface area (Å²) in [5.74, 6) is -2.51. The number of esters is 1. The van der Waals surface area contributed by atoms with E-state index in [1.807, 2.05) is 30.3 Å². The summed E-state index contributed by atoms with van der Waals surface area (Å²) in [6.07, 6.45) is -8.95. The van der Waals surface area contributed by atoms with Crippen LogP contribution < -0.4 is 0 Å². The third-order valence-corrected chi connectivity index (χ3v) is 5.07. The van der Waals surface area contributed by atoms with E-state index in [0.717, 1.165) is 11.1 Å². The molecule has 1 aliphatic rings. The third-order valence-electron chi connectivity index (χ3n) is 5.07. The zero-order valence-electron chi connectivity index (χ0n) is 17.0. The van der Waals surface area contributed by atoms with Crippen LogP contribution in [0.15, 0.2) is 84.3 Å². The number of cyclic esters (lactones) is 1. The Labute approximate surface area is 189 Å². The predicted octanol–water partition coefficient (Wildman–Crippen LogP) is 7.26. The fraction of sp³-hybridized carbons (Fsp3) is 0.0800. The topological polar surface area (TPSA) is 46.5 Å². The van der Waals surface area contributed by atoms with Gasteiger partial charge >= 0.3 is 18.3 Å². The van der Waals surface area contributed by atoms with Gasteiger partial charge in [-0.2, -0.15) is 26.3 Å². The summed E-state index contributed by atoms with van der Waals surface area (Å²) < 4.78 is 83.9. The smallest absolute Gasteiger partial charge is 0.416 e. The van der Waals surface area contributed by atoms with E-state index in [9.17, 15) is 36.2 Å².